The molecule has 0 aromatic heterocycles. The van der Waals surface area contributed by atoms with E-state index < -0.39 is 22.7 Å². The molecule has 0 bridgehead atoms. The van der Waals surface area contributed by atoms with Crippen molar-refractivity contribution < 1.29 is 18.8 Å². The molecule has 4 nitrogen and oxygen atoms in total. The quantitative estimate of drug-likeness (QED) is 0.905. The van der Waals surface area contributed by atoms with Gasteiger partial charge in [0.25, 0.3) is 0 Å². The average Bonchev–Trinajstić information content (AvgIpc) is 2.48. The van der Waals surface area contributed by atoms with Crippen molar-refractivity contribution in [3.8, 4) is 0 Å². The third-order valence-corrected chi connectivity index (χ3v) is 5.53. The second-order valence-electron chi connectivity index (χ2n) is 5.14. The third-order valence-electron chi connectivity index (χ3n) is 3.70. The zero-order valence-electron chi connectivity index (χ0n) is 11.6. The van der Waals surface area contributed by atoms with E-state index in [0.29, 0.717) is 19.0 Å². The Kier molecular flexibility index (Phi) is 5.31. The molecule has 1 fully saturated rings. The first-order valence-corrected chi connectivity index (χ1v) is 8.22. The van der Waals surface area contributed by atoms with Gasteiger partial charge in [-0.1, -0.05) is 24.3 Å². The maximum Gasteiger partial charge on any atom is 0.310 e. The molecule has 2 rings (SSSR count). The van der Waals surface area contributed by atoms with E-state index in [1.807, 2.05) is 24.3 Å². The first-order valence-electron chi connectivity index (χ1n) is 6.84. The maximum atomic E-state index is 12.3. The van der Waals surface area contributed by atoms with Gasteiger partial charge in [-0.05, 0) is 30.9 Å². The van der Waals surface area contributed by atoms with E-state index in [1.54, 1.807) is 6.92 Å². The van der Waals surface area contributed by atoms with Gasteiger partial charge in [0.05, 0.1) is 5.92 Å². The second-order valence-corrected chi connectivity index (χ2v) is 6.86. The lowest BCUT2D eigenvalue weighted by Gasteiger charge is -2.21. The molecule has 20 heavy (non-hydrogen) atoms. The summed E-state index contributed by atoms with van der Waals surface area (Å²) < 4.78 is 17.5. The highest BCUT2D eigenvalue weighted by Crippen LogP contribution is 2.19. The molecule has 110 valence electrons. The van der Waals surface area contributed by atoms with Crippen LogP contribution in [-0.4, -0.2) is 33.7 Å². The molecule has 1 aliphatic rings. The van der Waals surface area contributed by atoms with E-state index in [2.05, 4.69) is 0 Å². The molecule has 2 atom stereocenters. The summed E-state index contributed by atoms with van der Waals surface area (Å²) in [6.45, 7) is 3.06. The molecule has 0 radical (unpaired) electrons. The van der Waals surface area contributed by atoms with Crippen molar-refractivity contribution in [3.05, 3.63) is 35.4 Å². The van der Waals surface area contributed by atoms with Crippen molar-refractivity contribution in [2.45, 2.75) is 36.7 Å². The standard InChI is InChI=1S/C15H20O4S/c1-11(15(16)17)13-4-2-12(3-5-13)10-20(18)14-6-8-19-9-7-14/h2-5,11,14H,6-10H2,1H3,(H,16,17). The fraction of sp³-hybridized carbons (Fsp3) is 0.533. The van der Waals surface area contributed by atoms with E-state index in [1.165, 1.54) is 0 Å². The first-order chi connectivity index (χ1) is 9.58. The zero-order valence-corrected chi connectivity index (χ0v) is 12.4. The van der Waals surface area contributed by atoms with Crippen molar-refractivity contribution in [1.82, 2.24) is 0 Å². The summed E-state index contributed by atoms with van der Waals surface area (Å²) in [5.41, 5.74) is 1.77. The number of rotatable bonds is 5. The van der Waals surface area contributed by atoms with Gasteiger partial charge in [0, 0.05) is 35.0 Å². The lowest BCUT2D eigenvalue weighted by atomic mass is 10.0. The van der Waals surface area contributed by atoms with Crippen LogP contribution in [0.4, 0.5) is 0 Å². The number of hydrogen-bond donors (Lipinski definition) is 1. The molecule has 0 saturated carbocycles. The van der Waals surface area contributed by atoms with E-state index in [9.17, 15) is 9.00 Å². The van der Waals surface area contributed by atoms with Gasteiger partial charge in [-0.25, -0.2) is 0 Å². The fourth-order valence-electron chi connectivity index (χ4n) is 2.27. The molecule has 1 aliphatic heterocycles. The van der Waals surface area contributed by atoms with Crippen LogP contribution in [0.1, 0.15) is 36.8 Å². The summed E-state index contributed by atoms with van der Waals surface area (Å²) >= 11 is 0. The summed E-state index contributed by atoms with van der Waals surface area (Å²) in [5.74, 6) is -0.805. The van der Waals surface area contributed by atoms with Gasteiger partial charge in [0.1, 0.15) is 0 Å². The van der Waals surface area contributed by atoms with Crippen LogP contribution in [0.15, 0.2) is 24.3 Å². The van der Waals surface area contributed by atoms with Crippen LogP contribution in [0.2, 0.25) is 0 Å². The number of carboxylic acid groups (broad SMARTS) is 1. The van der Waals surface area contributed by atoms with Crippen LogP contribution in [0.5, 0.6) is 0 Å². The minimum Gasteiger partial charge on any atom is -0.481 e. The zero-order chi connectivity index (χ0) is 14.5. The molecule has 1 aromatic rings. The summed E-state index contributed by atoms with van der Waals surface area (Å²) in [5, 5.41) is 9.18. The van der Waals surface area contributed by atoms with Crippen LogP contribution in [0.3, 0.4) is 0 Å². The number of ether oxygens (including phenoxy) is 1. The van der Waals surface area contributed by atoms with Crippen LogP contribution >= 0.6 is 0 Å². The summed E-state index contributed by atoms with van der Waals surface area (Å²) in [6.07, 6.45) is 1.72. The fourth-order valence-corrected chi connectivity index (χ4v) is 3.74. The molecule has 1 saturated heterocycles. The van der Waals surface area contributed by atoms with Crippen LogP contribution < -0.4 is 0 Å². The predicted octanol–water partition coefficient (Wildman–Crippen LogP) is 2.30. The highest BCUT2D eigenvalue weighted by molar-refractivity contribution is 7.84. The predicted molar refractivity (Wildman–Crippen MR) is 78.2 cm³/mol. The minimum absolute atomic E-state index is 0.223. The topological polar surface area (TPSA) is 63.6 Å². The number of carboxylic acids is 1. The van der Waals surface area contributed by atoms with Crippen LogP contribution in [0, 0.1) is 0 Å². The van der Waals surface area contributed by atoms with Gasteiger partial charge in [0.15, 0.2) is 0 Å². The molecule has 1 aromatic carbocycles. The molecular weight excluding hydrogens is 276 g/mol. The molecule has 2 unspecified atom stereocenters. The van der Waals surface area contributed by atoms with Gasteiger partial charge >= 0.3 is 5.97 Å². The van der Waals surface area contributed by atoms with E-state index >= 15 is 0 Å². The van der Waals surface area contributed by atoms with Crippen LogP contribution in [0.25, 0.3) is 0 Å². The Morgan fingerprint density at radius 3 is 2.50 bits per heavy atom. The van der Waals surface area contributed by atoms with Gasteiger partial charge in [-0.2, -0.15) is 0 Å². The van der Waals surface area contributed by atoms with Crippen molar-refractivity contribution in [1.29, 1.82) is 0 Å². The highest BCUT2D eigenvalue weighted by Gasteiger charge is 2.20. The number of benzene rings is 1. The molecular formula is C15H20O4S. The lowest BCUT2D eigenvalue weighted by molar-refractivity contribution is -0.138. The van der Waals surface area contributed by atoms with Gasteiger partial charge in [-0.3, -0.25) is 9.00 Å². The number of hydrogen-bond acceptors (Lipinski definition) is 3. The van der Waals surface area contributed by atoms with Crippen LogP contribution in [-0.2, 0) is 26.1 Å². The molecule has 5 heteroatoms. The van der Waals surface area contributed by atoms with Crippen molar-refractivity contribution in [2.24, 2.45) is 0 Å². The van der Waals surface area contributed by atoms with Crippen molar-refractivity contribution in [3.63, 3.8) is 0 Å². The number of aliphatic carboxylic acids is 1. The van der Waals surface area contributed by atoms with E-state index in [0.717, 1.165) is 24.0 Å². The molecule has 0 amide bonds. The molecule has 1 heterocycles. The lowest BCUT2D eigenvalue weighted by Crippen LogP contribution is -2.25. The Morgan fingerprint density at radius 2 is 1.95 bits per heavy atom. The smallest absolute Gasteiger partial charge is 0.310 e. The third kappa shape index (κ3) is 3.90. The molecule has 0 spiro atoms. The summed E-state index contributed by atoms with van der Waals surface area (Å²) in [4.78, 5) is 10.9. The maximum absolute atomic E-state index is 12.3. The Hall–Kier alpha value is -1.20. The van der Waals surface area contributed by atoms with Crippen molar-refractivity contribution in [2.75, 3.05) is 13.2 Å². The van der Waals surface area contributed by atoms with Gasteiger partial charge in [-0.15, -0.1) is 0 Å². The minimum atomic E-state index is -0.880. The Labute approximate surface area is 121 Å². The first kappa shape index (κ1) is 15.2. The molecule has 1 N–H and O–H groups in total. The number of carbonyl (C=O) groups is 1. The largest absolute Gasteiger partial charge is 0.481 e. The van der Waals surface area contributed by atoms with Gasteiger partial charge < -0.3 is 9.84 Å². The van der Waals surface area contributed by atoms with Crippen molar-refractivity contribution >= 4 is 16.8 Å². The average molecular weight is 296 g/mol. The SMILES string of the molecule is CC(C(=O)O)c1ccc(CS(=O)C2CCOCC2)cc1. The Balaban J connectivity index is 1.96. The summed E-state index contributed by atoms with van der Waals surface area (Å²) in [7, 11) is -0.880. The van der Waals surface area contributed by atoms with Gasteiger partial charge in [0.2, 0.25) is 0 Å². The Morgan fingerprint density at radius 1 is 1.35 bits per heavy atom. The normalized spacial score (nSPS) is 19.4. The Bertz CT molecular complexity index is 477. The summed E-state index contributed by atoms with van der Waals surface area (Å²) in [6, 6.07) is 7.39. The monoisotopic (exact) mass is 296 g/mol. The molecule has 0 aliphatic carbocycles. The highest BCUT2D eigenvalue weighted by atomic mass is 32.2. The van der Waals surface area contributed by atoms with E-state index in [4.69, 9.17) is 9.84 Å². The second kappa shape index (κ2) is 6.99. The van der Waals surface area contributed by atoms with E-state index in [-0.39, 0.29) is 5.25 Å².